The van der Waals surface area contributed by atoms with Gasteiger partial charge in [0.2, 0.25) is 5.88 Å². The van der Waals surface area contributed by atoms with Crippen LogP contribution in [0, 0.1) is 0 Å². The van der Waals surface area contributed by atoms with E-state index in [1.54, 1.807) is 0 Å². The number of rotatable bonds is 3. The van der Waals surface area contributed by atoms with E-state index in [-0.39, 0.29) is 11.8 Å². The molecule has 0 saturated heterocycles. The van der Waals surface area contributed by atoms with Crippen molar-refractivity contribution in [2.45, 2.75) is 24.9 Å². The topological polar surface area (TPSA) is 68.0 Å². The SMILES string of the molecule is O=C(Nc1oncc1C1CC1)c1cnccc1C(F)(F)F. The Balaban J connectivity index is 1.87. The molecular formula is C13H10F3N3O2. The van der Waals surface area contributed by atoms with Gasteiger partial charge in [-0.2, -0.15) is 13.2 Å². The monoisotopic (exact) mass is 297 g/mol. The van der Waals surface area contributed by atoms with Crippen molar-refractivity contribution in [1.29, 1.82) is 0 Å². The molecule has 0 aromatic carbocycles. The molecule has 2 aromatic rings. The van der Waals surface area contributed by atoms with Crippen LogP contribution in [-0.2, 0) is 6.18 Å². The van der Waals surface area contributed by atoms with Crippen molar-refractivity contribution in [3.8, 4) is 0 Å². The molecule has 1 fully saturated rings. The number of halogens is 3. The van der Waals surface area contributed by atoms with Crippen LogP contribution in [0.3, 0.4) is 0 Å². The molecule has 5 nitrogen and oxygen atoms in total. The first-order chi connectivity index (χ1) is 9.97. The number of amides is 1. The molecule has 2 heterocycles. The molecule has 3 rings (SSSR count). The average Bonchev–Trinajstić information content (AvgIpc) is 3.18. The number of alkyl halides is 3. The van der Waals surface area contributed by atoms with Gasteiger partial charge in [0.1, 0.15) is 0 Å². The Kier molecular flexibility index (Phi) is 3.15. The van der Waals surface area contributed by atoms with Gasteiger partial charge < -0.3 is 4.52 Å². The molecule has 0 radical (unpaired) electrons. The van der Waals surface area contributed by atoms with Gasteiger partial charge in [-0.25, -0.2) is 0 Å². The number of aromatic nitrogens is 2. The second-order valence-corrected chi connectivity index (χ2v) is 4.76. The zero-order chi connectivity index (χ0) is 15.0. The van der Waals surface area contributed by atoms with Gasteiger partial charge >= 0.3 is 6.18 Å². The molecule has 1 aliphatic carbocycles. The van der Waals surface area contributed by atoms with Crippen LogP contribution >= 0.6 is 0 Å². The molecule has 0 spiro atoms. The van der Waals surface area contributed by atoms with Crippen LogP contribution in [0.15, 0.2) is 29.2 Å². The van der Waals surface area contributed by atoms with Gasteiger partial charge in [-0.15, -0.1) is 0 Å². The lowest BCUT2D eigenvalue weighted by molar-refractivity contribution is -0.138. The molecule has 110 valence electrons. The lowest BCUT2D eigenvalue weighted by Gasteiger charge is -2.11. The summed E-state index contributed by atoms with van der Waals surface area (Å²) in [4.78, 5) is 15.6. The van der Waals surface area contributed by atoms with Gasteiger partial charge in [-0.1, -0.05) is 5.16 Å². The summed E-state index contributed by atoms with van der Waals surface area (Å²) in [5.74, 6) is -0.573. The highest BCUT2D eigenvalue weighted by Crippen LogP contribution is 2.43. The van der Waals surface area contributed by atoms with Gasteiger partial charge in [0.25, 0.3) is 5.91 Å². The molecule has 1 amide bonds. The minimum Gasteiger partial charge on any atom is -0.338 e. The predicted molar refractivity (Wildman–Crippen MR) is 65.7 cm³/mol. The van der Waals surface area contributed by atoms with Crippen molar-refractivity contribution in [3.63, 3.8) is 0 Å². The third kappa shape index (κ3) is 2.74. The van der Waals surface area contributed by atoms with E-state index in [2.05, 4.69) is 15.5 Å². The number of hydrogen-bond donors (Lipinski definition) is 1. The molecule has 1 N–H and O–H groups in total. The average molecular weight is 297 g/mol. The molecule has 0 unspecified atom stereocenters. The quantitative estimate of drug-likeness (QED) is 0.944. The van der Waals surface area contributed by atoms with E-state index in [0.29, 0.717) is 5.56 Å². The van der Waals surface area contributed by atoms with Gasteiger partial charge in [-0.05, 0) is 24.8 Å². The van der Waals surface area contributed by atoms with E-state index in [4.69, 9.17) is 4.52 Å². The molecule has 1 saturated carbocycles. The standard InChI is InChI=1S/C13H10F3N3O2/c14-13(15,16)10-3-4-17-5-9(10)11(20)19-12-8(6-18-21-12)7-1-2-7/h3-7H,1-2H2,(H,19,20). The number of hydrogen-bond acceptors (Lipinski definition) is 4. The normalized spacial score (nSPS) is 15.0. The number of anilines is 1. The highest BCUT2D eigenvalue weighted by Gasteiger charge is 2.36. The summed E-state index contributed by atoms with van der Waals surface area (Å²) in [6.45, 7) is 0. The lowest BCUT2D eigenvalue weighted by Crippen LogP contribution is -2.19. The first kappa shape index (κ1) is 13.6. The molecule has 8 heteroatoms. The summed E-state index contributed by atoms with van der Waals surface area (Å²) in [6, 6.07) is 0.761. The maximum atomic E-state index is 12.9. The molecule has 2 aromatic heterocycles. The highest BCUT2D eigenvalue weighted by atomic mass is 19.4. The van der Waals surface area contributed by atoms with Crippen molar-refractivity contribution in [1.82, 2.24) is 10.1 Å². The summed E-state index contributed by atoms with van der Waals surface area (Å²) in [7, 11) is 0. The molecule has 0 atom stereocenters. The Bertz CT molecular complexity index is 677. The van der Waals surface area contributed by atoms with E-state index in [0.717, 1.165) is 31.3 Å². The van der Waals surface area contributed by atoms with E-state index in [1.807, 2.05) is 0 Å². The van der Waals surface area contributed by atoms with Crippen LogP contribution in [-0.4, -0.2) is 16.0 Å². The fraction of sp³-hybridized carbons (Fsp3) is 0.308. The number of carbonyl (C=O) groups is 1. The fourth-order valence-corrected chi connectivity index (χ4v) is 2.02. The van der Waals surface area contributed by atoms with Gasteiger partial charge in [0.05, 0.1) is 17.3 Å². The second-order valence-electron chi connectivity index (χ2n) is 4.76. The van der Waals surface area contributed by atoms with E-state index < -0.39 is 23.2 Å². The number of nitrogens with zero attached hydrogens (tertiary/aromatic N) is 2. The van der Waals surface area contributed by atoms with E-state index in [9.17, 15) is 18.0 Å². The third-order valence-electron chi connectivity index (χ3n) is 3.21. The minimum absolute atomic E-state index is 0.0967. The van der Waals surface area contributed by atoms with Crippen LogP contribution in [0.5, 0.6) is 0 Å². The Hall–Kier alpha value is -2.38. The summed E-state index contributed by atoms with van der Waals surface area (Å²) >= 11 is 0. The Morgan fingerprint density at radius 1 is 1.33 bits per heavy atom. The highest BCUT2D eigenvalue weighted by molar-refractivity contribution is 6.04. The summed E-state index contributed by atoms with van der Waals surface area (Å²) in [6.07, 6.45) is 0.613. The number of carbonyl (C=O) groups excluding carboxylic acids is 1. The fourth-order valence-electron chi connectivity index (χ4n) is 2.02. The Labute approximate surface area is 117 Å². The van der Waals surface area contributed by atoms with Crippen LogP contribution in [0.2, 0.25) is 0 Å². The third-order valence-corrected chi connectivity index (χ3v) is 3.21. The van der Waals surface area contributed by atoms with Crippen LogP contribution in [0.25, 0.3) is 0 Å². The van der Waals surface area contributed by atoms with Crippen molar-refractivity contribution in [2.75, 3.05) is 5.32 Å². The molecule has 21 heavy (non-hydrogen) atoms. The zero-order valence-electron chi connectivity index (χ0n) is 10.6. The van der Waals surface area contributed by atoms with Gasteiger partial charge in [-0.3, -0.25) is 15.1 Å². The number of nitrogens with one attached hydrogen (secondary N) is 1. The number of pyridine rings is 1. The zero-order valence-corrected chi connectivity index (χ0v) is 10.6. The van der Waals surface area contributed by atoms with Crippen molar-refractivity contribution in [2.24, 2.45) is 0 Å². The first-order valence-electron chi connectivity index (χ1n) is 6.24. The lowest BCUT2D eigenvalue weighted by atomic mass is 10.1. The van der Waals surface area contributed by atoms with E-state index >= 15 is 0 Å². The van der Waals surface area contributed by atoms with E-state index in [1.165, 1.54) is 6.20 Å². The first-order valence-corrected chi connectivity index (χ1v) is 6.24. The summed E-state index contributed by atoms with van der Waals surface area (Å²) in [5, 5.41) is 5.91. The predicted octanol–water partition coefficient (Wildman–Crippen LogP) is 3.22. The molecule has 1 aliphatic rings. The smallest absolute Gasteiger partial charge is 0.338 e. The van der Waals surface area contributed by atoms with Crippen molar-refractivity contribution in [3.05, 3.63) is 41.3 Å². The largest absolute Gasteiger partial charge is 0.417 e. The Morgan fingerprint density at radius 3 is 2.76 bits per heavy atom. The molecule has 0 aliphatic heterocycles. The Morgan fingerprint density at radius 2 is 2.10 bits per heavy atom. The maximum absolute atomic E-state index is 12.9. The molecule has 0 bridgehead atoms. The summed E-state index contributed by atoms with van der Waals surface area (Å²) < 4.78 is 43.5. The van der Waals surface area contributed by atoms with Crippen LogP contribution in [0.1, 0.15) is 40.2 Å². The van der Waals surface area contributed by atoms with Crippen LogP contribution < -0.4 is 5.32 Å². The van der Waals surface area contributed by atoms with Gasteiger partial charge in [0.15, 0.2) is 0 Å². The second kappa shape index (κ2) is 4.87. The van der Waals surface area contributed by atoms with Crippen LogP contribution in [0.4, 0.5) is 19.1 Å². The summed E-state index contributed by atoms with van der Waals surface area (Å²) in [5.41, 5.74) is -0.883. The minimum atomic E-state index is -4.63. The van der Waals surface area contributed by atoms with Crippen molar-refractivity contribution >= 4 is 11.8 Å². The van der Waals surface area contributed by atoms with Gasteiger partial charge in [0, 0.05) is 18.0 Å². The molecular weight excluding hydrogens is 287 g/mol. The van der Waals surface area contributed by atoms with Crippen molar-refractivity contribution < 1.29 is 22.5 Å². The maximum Gasteiger partial charge on any atom is 0.417 e.